The molecule has 2 heterocycles. The van der Waals surface area contributed by atoms with Gasteiger partial charge in [0, 0.05) is 44.5 Å². The number of carbonyl (C=O) groups is 1. The summed E-state index contributed by atoms with van der Waals surface area (Å²) in [6.45, 7) is 6.75. The van der Waals surface area contributed by atoms with Crippen molar-refractivity contribution >= 4 is 5.91 Å². The molecule has 0 radical (unpaired) electrons. The molecule has 2 rings (SSSR count). The number of rotatable bonds is 4. The van der Waals surface area contributed by atoms with Gasteiger partial charge in [0.1, 0.15) is 0 Å². The Morgan fingerprint density at radius 2 is 2.42 bits per heavy atom. The molecule has 4 heteroatoms. The third kappa shape index (κ3) is 3.77. The summed E-state index contributed by atoms with van der Waals surface area (Å²) < 4.78 is 0. The fourth-order valence-corrected chi connectivity index (χ4v) is 2.65. The minimum Gasteiger partial charge on any atom is -0.342 e. The molecule has 1 fully saturated rings. The molecule has 0 saturated carbocycles. The molecule has 0 aromatic carbocycles. The summed E-state index contributed by atoms with van der Waals surface area (Å²) in [5, 5.41) is 3.59. The molecule has 0 aliphatic carbocycles. The van der Waals surface area contributed by atoms with E-state index in [1.54, 1.807) is 6.20 Å². The van der Waals surface area contributed by atoms with E-state index in [0.717, 1.165) is 26.1 Å². The molecule has 1 aromatic rings. The van der Waals surface area contributed by atoms with Gasteiger partial charge >= 0.3 is 0 Å². The highest BCUT2D eigenvalue weighted by atomic mass is 16.2. The minimum absolute atomic E-state index is 0.276. The fourth-order valence-electron chi connectivity index (χ4n) is 2.65. The molecular weight excluding hydrogens is 238 g/mol. The lowest BCUT2D eigenvalue weighted by Crippen LogP contribution is -2.49. The van der Waals surface area contributed by atoms with Gasteiger partial charge in [-0.05, 0) is 24.0 Å². The highest BCUT2D eigenvalue weighted by Crippen LogP contribution is 2.18. The summed E-state index contributed by atoms with van der Waals surface area (Å²) in [6.07, 6.45) is 5.34. The lowest BCUT2D eigenvalue weighted by molar-refractivity contribution is -0.132. The molecule has 0 unspecified atom stereocenters. The van der Waals surface area contributed by atoms with Crippen LogP contribution in [0.4, 0.5) is 0 Å². The summed E-state index contributed by atoms with van der Waals surface area (Å²) in [4.78, 5) is 17.8. The number of aromatic nitrogens is 1. The maximum Gasteiger partial charge on any atom is 0.222 e. The highest BCUT2D eigenvalue weighted by Gasteiger charge is 2.27. The topological polar surface area (TPSA) is 45.2 Å². The van der Waals surface area contributed by atoms with Crippen LogP contribution in [0.15, 0.2) is 24.5 Å². The van der Waals surface area contributed by atoms with Gasteiger partial charge in [-0.3, -0.25) is 9.78 Å². The Hall–Kier alpha value is -1.42. The Kier molecular flexibility index (Phi) is 4.91. The number of likely N-dealkylation sites (tertiary alicyclic amines) is 1. The maximum atomic E-state index is 11.7. The monoisotopic (exact) mass is 261 g/mol. The van der Waals surface area contributed by atoms with Gasteiger partial charge in [0.05, 0.1) is 0 Å². The second-order valence-electron chi connectivity index (χ2n) is 5.31. The van der Waals surface area contributed by atoms with Crippen LogP contribution in [0, 0.1) is 5.92 Å². The molecule has 1 aliphatic heterocycles. The molecule has 104 valence electrons. The molecule has 1 aliphatic rings. The van der Waals surface area contributed by atoms with E-state index in [9.17, 15) is 4.79 Å². The number of hydrogen-bond acceptors (Lipinski definition) is 3. The molecule has 1 N–H and O–H groups in total. The Labute approximate surface area is 115 Å². The van der Waals surface area contributed by atoms with Gasteiger partial charge in [-0.1, -0.05) is 19.9 Å². The molecule has 1 saturated heterocycles. The van der Waals surface area contributed by atoms with E-state index in [2.05, 4.69) is 23.3 Å². The predicted octanol–water partition coefficient (Wildman–Crippen LogP) is 1.82. The van der Waals surface area contributed by atoms with Crippen molar-refractivity contribution in [1.29, 1.82) is 0 Å². The van der Waals surface area contributed by atoms with Crippen LogP contribution in [0.3, 0.4) is 0 Å². The zero-order chi connectivity index (χ0) is 13.7. The zero-order valence-corrected chi connectivity index (χ0v) is 11.8. The smallest absolute Gasteiger partial charge is 0.222 e. The number of carbonyl (C=O) groups excluding carboxylic acids is 1. The van der Waals surface area contributed by atoms with Crippen molar-refractivity contribution in [2.75, 3.05) is 13.1 Å². The second kappa shape index (κ2) is 6.66. The van der Waals surface area contributed by atoms with Crippen molar-refractivity contribution < 1.29 is 4.79 Å². The zero-order valence-electron chi connectivity index (χ0n) is 11.8. The summed E-state index contributed by atoms with van der Waals surface area (Å²) in [5.74, 6) is 0.776. The van der Waals surface area contributed by atoms with Gasteiger partial charge in [-0.15, -0.1) is 0 Å². The van der Waals surface area contributed by atoms with Crippen LogP contribution in [0.25, 0.3) is 0 Å². The van der Waals surface area contributed by atoms with E-state index in [-0.39, 0.29) is 5.91 Å². The van der Waals surface area contributed by atoms with Gasteiger partial charge in [0.2, 0.25) is 5.91 Å². The number of hydrogen-bond donors (Lipinski definition) is 1. The van der Waals surface area contributed by atoms with Crippen LogP contribution in [-0.4, -0.2) is 34.9 Å². The summed E-state index contributed by atoms with van der Waals surface area (Å²) >= 11 is 0. The van der Waals surface area contributed by atoms with Crippen LogP contribution in [-0.2, 0) is 11.3 Å². The van der Waals surface area contributed by atoms with Crippen LogP contribution in [0.5, 0.6) is 0 Å². The normalized spacial score (nSPS) is 23.4. The second-order valence-corrected chi connectivity index (χ2v) is 5.31. The summed E-state index contributed by atoms with van der Waals surface area (Å²) in [5.41, 5.74) is 1.21. The Balaban J connectivity index is 1.82. The molecule has 4 nitrogen and oxygen atoms in total. The summed E-state index contributed by atoms with van der Waals surface area (Å²) in [6, 6.07) is 4.53. The number of pyridine rings is 1. The quantitative estimate of drug-likeness (QED) is 0.899. The lowest BCUT2D eigenvalue weighted by atomic mass is 9.93. The molecule has 1 aromatic heterocycles. The van der Waals surface area contributed by atoms with Crippen LogP contribution in [0.1, 0.15) is 32.3 Å². The van der Waals surface area contributed by atoms with Gasteiger partial charge < -0.3 is 10.2 Å². The van der Waals surface area contributed by atoms with E-state index < -0.39 is 0 Å². The summed E-state index contributed by atoms with van der Waals surface area (Å²) in [7, 11) is 0. The van der Waals surface area contributed by atoms with Crippen molar-refractivity contribution in [3.63, 3.8) is 0 Å². The number of nitrogens with zero attached hydrogens (tertiary/aromatic N) is 2. The minimum atomic E-state index is 0.276. The van der Waals surface area contributed by atoms with Crippen molar-refractivity contribution in [1.82, 2.24) is 15.2 Å². The number of amides is 1. The first-order valence-corrected chi connectivity index (χ1v) is 7.10. The van der Waals surface area contributed by atoms with Crippen molar-refractivity contribution in [3.8, 4) is 0 Å². The number of piperidine rings is 1. The molecule has 19 heavy (non-hydrogen) atoms. The molecule has 0 bridgehead atoms. The average molecular weight is 261 g/mol. The van der Waals surface area contributed by atoms with Gasteiger partial charge in [-0.25, -0.2) is 0 Å². The largest absolute Gasteiger partial charge is 0.342 e. The van der Waals surface area contributed by atoms with Crippen LogP contribution >= 0.6 is 0 Å². The van der Waals surface area contributed by atoms with E-state index in [4.69, 9.17) is 0 Å². The highest BCUT2D eigenvalue weighted by molar-refractivity contribution is 5.75. The maximum absolute atomic E-state index is 11.7. The van der Waals surface area contributed by atoms with Crippen LogP contribution < -0.4 is 5.32 Å². The molecule has 0 spiro atoms. The van der Waals surface area contributed by atoms with Crippen LogP contribution in [0.2, 0.25) is 0 Å². The third-order valence-electron chi connectivity index (χ3n) is 3.85. The Bertz CT molecular complexity index is 407. The predicted molar refractivity (Wildman–Crippen MR) is 75.5 cm³/mol. The Morgan fingerprint density at radius 3 is 3.05 bits per heavy atom. The lowest BCUT2D eigenvalue weighted by Gasteiger charge is -2.37. The molecule has 1 amide bonds. The van der Waals surface area contributed by atoms with Crippen molar-refractivity contribution in [2.45, 2.75) is 39.3 Å². The van der Waals surface area contributed by atoms with E-state index in [1.165, 1.54) is 5.56 Å². The van der Waals surface area contributed by atoms with Crippen molar-refractivity contribution in [2.24, 2.45) is 5.92 Å². The van der Waals surface area contributed by atoms with Crippen molar-refractivity contribution in [3.05, 3.63) is 30.1 Å². The standard InChI is InChI=1S/C15H23N3O/c1-3-15(19)18-8-6-14(12(2)11-18)17-10-13-5-4-7-16-9-13/h4-5,7,9,12,14,17H,3,6,8,10-11H2,1-2H3/t12-,14-/m1/s1. The first-order chi connectivity index (χ1) is 9.20. The first kappa shape index (κ1) is 14.0. The fraction of sp³-hybridized carbons (Fsp3) is 0.600. The Morgan fingerprint density at radius 1 is 1.58 bits per heavy atom. The molecular formula is C15H23N3O. The van der Waals surface area contributed by atoms with Gasteiger partial charge in [-0.2, -0.15) is 0 Å². The first-order valence-electron chi connectivity index (χ1n) is 7.10. The van der Waals surface area contributed by atoms with E-state index >= 15 is 0 Å². The van der Waals surface area contributed by atoms with Gasteiger partial charge in [0.25, 0.3) is 0 Å². The average Bonchev–Trinajstić information content (AvgIpc) is 2.46. The molecule has 2 atom stereocenters. The van der Waals surface area contributed by atoms with Gasteiger partial charge in [0.15, 0.2) is 0 Å². The van der Waals surface area contributed by atoms with E-state index in [0.29, 0.717) is 18.4 Å². The number of nitrogens with one attached hydrogen (secondary N) is 1. The SMILES string of the molecule is CCC(=O)N1CC[C@@H](NCc2cccnc2)[C@H](C)C1. The van der Waals surface area contributed by atoms with E-state index in [1.807, 2.05) is 24.1 Å². The third-order valence-corrected chi connectivity index (χ3v) is 3.85.